The minimum absolute atomic E-state index is 0.0844. The van der Waals surface area contributed by atoms with Crippen LogP contribution in [-0.4, -0.2) is 51.2 Å². The molecule has 0 spiro atoms. The topological polar surface area (TPSA) is 117 Å². The number of nitrogens with zero attached hydrogens (tertiary/aromatic N) is 3. The number of urea groups is 1. The highest BCUT2D eigenvalue weighted by molar-refractivity contribution is 5.97. The third-order valence-corrected chi connectivity index (χ3v) is 5.89. The van der Waals surface area contributed by atoms with Gasteiger partial charge in [0, 0.05) is 19.5 Å². The molecule has 1 aromatic heterocycles. The molecule has 9 heteroatoms. The standard InChI is InChI=1S/C25H29N5O4/c1-16(2)14-20(23(32)33)26-22(31)19(15-17-8-4-3-5-9-17)28-25(34)30-13-12-29-21-11-7-6-10-18(21)27-24(29)30/h3-11,16,19-20H,12-15H2,1-2H3,(H,26,31)(H,28,34)(H,32,33)/t19-,20-/m0/s1. The Hall–Kier alpha value is -3.88. The van der Waals surface area contributed by atoms with Crippen molar-refractivity contribution in [2.75, 3.05) is 11.4 Å². The molecule has 2 atom stereocenters. The second-order valence-electron chi connectivity index (χ2n) is 8.92. The molecule has 0 saturated carbocycles. The van der Waals surface area contributed by atoms with Gasteiger partial charge >= 0.3 is 12.0 Å². The summed E-state index contributed by atoms with van der Waals surface area (Å²) in [6.45, 7) is 4.83. The highest BCUT2D eigenvalue weighted by atomic mass is 16.4. The number of fused-ring (bicyclic) bond motifs is 3. The van der Waals surface area contributed by atoms with Gasteiger partial charge in [-0.15, -0.1) is 0 Å². The molecule has 0 saturated heterocycles. The zero-order chi connectivity index (χ0) is 24.2. The van der Waals surface area contributed by atoms with Gasteiger partial charge in [0.1, 0.15) is 12.1 Å². The Labute approximate surface area is 197 Å². The van der Waals surface area contributed by atoms with Gasteiger partial charge in [-0.25, -0.2) is 14.6 Å². The molecule has 1 aliphatic heterocycles. The van der Waals surface area contributed by atoms with Gasteiger partial charge in [-0.3, -0.25) is 9.69 Å². The molecule has 34 heavy (non-hydrogen) atoms. The normalized spacial score (nSPS) is 14.6. The average molecular weight is 464 g/mol. The summed E-state index contributed by atoms with van der Waals surface area (Å²) in [4.78, 5) is 44.2. The molecule has 3 N–H and O–H groups in total. The summed E-state index contributed by atoms with van der Waals surface area (Å²) in [5, 5.41) is 15.0. The number of benzene rings is 2. The van der Waals surface area contributed by atoms with Crippen molar-refractivity contribution in [3.63, 3.8) is 0 Å². The quantitative estimate of drug-likeness (QED) is 0.475. The Balaban J connectivity index is 1.54. The van der Waals surface area contributed by atoms with E-state index in [-0.39, 0.29) is 12.3 Å². The number of aliphatic carboxylic acids is 1. The lowest BCUT2D eigenvalue weighted by atomic mass is 10.0. The summed E-state index contributed by atoms with van der Waals surface area (Å²) in [5.41, 5.74) is 2.60. The van der Waals surface area contributed by atoms with E-state index in [2.05, 4.69) is 15.6 Å². The van der Waals surface area contributed by atoms with Crippen LogP contribution in [0.4, 0.5) is 10.7 Å². The number of amides is 3. The van der Waals surface area contributed by atoms with E-state index in [0.717, 1.165) is 16.6 Å². The molecular formula is C25H29N5O4. The Kier molecular flexibility index (Phi) is 6.81. The Bertz CT molecular complexity index is 1190. The number of carbonyl (C=O) groups excluding carboxylic acids is 2. The number of hydrogen-bond acceptors (Lipinski definition) is 4. The van der Waals surface area contributed by atoms with Gasteiger partial charge in [-0.05, 0) is 30.0 Å². The molecule has 0 radical (unpaired) electrons. The number of rotatable bonds is 8. The van der Waals surface area contributed by atoms with Crippen LogP contribution < -0.4 is 15.5 Å². The fraction of sp³-hybridized carbons (Fsp3) is 0.360. The minimum atomic E-state index is -1.10. The number of carboxylic acids is 1. The fourth-order valence-corrected chi connectivity index (χ4v) is 4.23. The zero-order valence-corrected chi connectivity index (χ0v) is 19.3. The predicted molar refractivity (Wildman–Crippen MR) is 129 cm³/mol. The van der Waals surface area contributed by atoms with E-state index in [0.29, 0.717) is 25.5 Å². The molecule has 0 unspecified atom stereocenters. The average Bonchev–Trinajstić information content (AvgIpc) is 3.38. The molecule has 1 aliphatic rings. The van der Waals surface area contributed by atoms with Crippen molar-refractivity contribution >= 4 is 34.9 Å². The molecule has 178 valence electrons. The number of anilines is 1. The number of carboxylic acid groups (broad SMARTS) is 1. The molecular weight excluding hydrogens is 434 g/mol. The van der Waals surface area contributed by atoms with Gasteiger partial charge in [-0.2, -0.15) is 0 Å². The maximum atomic E-state index is 13.3. The molecule has 4 rings (SSSR count). The van der Waals surface area contributed by atoms with Crippen molar-refractivity contribution < 1.29 is 19.5 Å². The van der Waals surface area contributed by atoms with Gasteiger partial charge in [0.2, 0.25) is 11.9 Å². The fourth-order valence-electron chi connectivity index (χ4n) is 4.23. The molecule has 0 bridgehead atoms. The van der Waals surface area contributed by atoms with Crippen molar-refractivity contribution in [3.05, 3.63) is 60.2 Å². The Morgan fingerprint density at radius 3 is 2.38 bits per heavy atom. The van der Waals surface area contributed by atoms with E-state index in [1.165, 1.54) is 4.90 Å². The van der Waals surface area contributed by atoms with E-state index in [1.54, 1.807) is 0 Å². The van der Waals surface area contributed by atoms with Crippen LogP contribution in [0.3, 0.4) is 0 Å². The second kappa shape index (κ2) is 9.94. The molecule has 3 aromatic rings. The van der Waals surface area contributed by atoms with Crippen molar-refractivity contribution in [2.45, 2.75) is 45.3 Å². The summed E-state index contributed by atoms with van der Waals surface area (Å²) >= 11 is 0. The lowest BCUT2D eigenvalue weighted by Crippen LogP contribution is -2.55. The van der Waals surface area contributed by atoms with Crippen LogP contribution >= 0.6 is 0 Å². The first kappa shape index (κ1) is 23.3. The van der Waals surface area contributed by atoms with Gasteiger partial charge in [-0.1, -0.05) is 56.3 Å². The number of nitrogens with one attached hydrogen (secondary N) is 2. The molecule has 0 fully saturated rings. The summed E-state index contributed by atoms with van der Waals surface area (Å²) < 4.78 is 1.98. The van der Waals surface area contributed by atoms with Crippen LogP contribution in [-0.2, 0) is 22.6 Å². The van der Waals surface area contributed by atoms with Crippen molar-refractivity contribution in [3.8, 4) is 0 Å². The van der Waals surface area contributed by atoms with Gasteiger partial charge in [0.15, 0.2) is 0 Å². The first-order valence-electron chi connectivity index (χ1n) is 11.4. The Morgan fingerprint density at radius 2 is 1.68 bits per heavy atom. The molecule has 2 aromatic carbocycles. The number of imidazole rings is 1. The van der Waals surface area contributed by atoms with E-state index in [4.69, 9.17) is 0 Å². The SMILES string of the molecule is CC(C)C[C@H](NC(=O)[C@H](Cc1ccccc1)NC(=O)N1CCn2c1nc1ccccc12)C(=O)O. The molecule has 9 nitrogen and oxygen atoms in total. The summed E-state index contributed by atoms with van der Waals surface area (Å²) in [6.07, 6.45) is 0.528. The highest BCUT2D eigenvalue weighted by Gasteiger charge is 2.32. The summed E-state index contributed by atoms with van der Waals surface area (Å²) in [5.74, 6) is -1.01. The first-order chi connectivity index (χ1) is 16.3. The van der Waals surface area contributed by atoms with Gasteiger partial charge < -0.3 is 20.3 Å². The van der Waals surface area contributed by atoms with Crippen LogP contribution in [0.25, 0.3) is 11.0 Å². The van der Waals surface area contributed by atoms with E-state index in [1.807, 2.05) is 73.0 Å². The lowest BCUT2D eigenvalue weighted by molar-refractivity contribution is -0.142. The Morgan fingerprint density at radius 1 is 0.971 bits per heavy atom. The molecule has 2 heterocycles. The maximum absolute atomic E-state index is 13.3. The van der Waals surface area contributed by atoms with Crippen LogP contribution in [0.1, 0.15) is 25.8 Å². The van der Waals surface area contributed by atoms with Gasteiger partial charge in [0.05, 0.1) is 11.0 Å². The summed E-state index contributed by atoms with van der Waals surface area (Å²) in [7, 11) is 0. The van der Waals surface area contributed by atoms with Crippen LogP contribution in [0.5, 0.6) is 0 Å². The number of carbonyl (C=O) groups is 3. The minimum Gasteiger partial charge on any atom is -0.480 e. The predicted octanol–water partition coefficient (Wildman–Crippen LogP) is 2.79. The smallest absolute Gasteiger partial charge is 0.326 e. The lowest BCUT2D eigenvalue weighted by Gasteiger charge is -2.24. The first-order valence-corrected chi connectivity index (χ1v) is 11.4. The number of hydrogen-bond donors (Lipinski definition) is 3. The van der Waals surface area contributed by atoms with Crippen molar-refractivity contribution in [1.29, 1.82) is 0 Å². The van der Waals surface area contributed by atoms with Crippen molar-refractivity contribution in [1.82, 2.24) is 20.2 Å². The number of aromatic nitrogens is 2. The molecule has 0 aliphatic carbocycles. The van der Waals surface area contributed by atoms with Crippen LogP contribution in [0.2, 0.25) is 0 Å². The van der Waals surface area contributed by atoms with E-state index < -0.39 is 30.0 Å². The van der Waals surface area contributed by atoms with Gasteiger partial charge in [0.25, 0.3) is 0 Å². The highest BCUT2D eigenvalue weighted by Crippen LogP contribution is 2.27. The largest absolute Gasteiger partial charge is 0.480 e. The van der Waals surface area contributed by atoms with Crippen LogP contribution in [0.15, 0.2) is 54.6 Å². The van der Waals surface area contributed by atoms with Crippen molar-refractivity contribution in [2.24, 2.45) is 5.92 Å². The zero-order valence-electron chi connectivity index (χ0n) is 19.3. The monoisotopic (exact) mass is 463 g/mol. The van der Waals surface area contributed by atoms with Crippen LogP contribution in [0, 0.1) is 5.92 Å². The number of para-hydroxylation sites is 2. The summed E-state index contributed by atoms with van der Waals surface area (Å²) in [6, 6.07) is 14.6. The van der Waals surface area contributed by atoms with E-state index in [9.17, 15) is 19.5 Å². The third-order valence-electron chi connectivity index (χ3n) is 5.89. The second-order valence-corrected chi connectivity index (χ2v) is 8.92. The maximum Gasteiger partial charge on any atom is 0.326 e. The molecule has 3 amide bonds. The van der Waals surface area contributed by atoms with E-state index >= 15 is 0 Å². The third kappa shape index (κ3) is 5.03.